The van der Waals surface area contributed by atoms with E-state index in [4.69, 9.17) is 4.42 Å². The van der Waals surface area contributed by atoms with Crippen LogP contribution in [0.1, 0.15) is 26.0 Å². The molecule has 7 heteroatoms. The zero-order chi connectivity index (χ0) is 17.7. The fraction of sp³-hybridized carbons (Fsp3) is 0.353. The number of hydrogen-bond acceptors (Lipinski definition) is 5. The molecular weight excluding hydrogens is 312 g/mol. The molecule has 2 N–H and O–H groups in total. The summed E-state index contributed by atoms with van der Waals surface area (Å²) < 4.78 is 5.66. The van der Waals surface area contributed by atoms with Crippen LogP contribution in [-0.2, 0) is 11.3 Å². The third-order valence-electron chi connectivity index (χ3n) is 3.53. The highest BCUT2D eigenvalue weighted by atomic mass is 16.6. The molecule has 0 aliphatic carbocycles. The van der Waals surface area contributed by atoms with Gasteiger partial charge in [-0.2, -0.15) is 0 Å². The average molecular weight is 332 g/mol. The second-order valence-corrected chi connectivity index (χ2v) is 5.97. The normalized spacial score (nSPS) is 12.3. The molecule has 0 saturated heterocycles. The Morgan fingerprint density at radius 2 is 2.08 bits per heavy atom. The molecule has 0 fully saturated rings. The first-order valence-corrected chi connectivity index (χ1v) is 7.66. The summed E-state index contributed by atoms with van der Waals surface area (Å²) in [6, 6.07) is 8.98. The molecule has 24 heavy (non-hydrogen) atoms. The van der Waals surface area contributed by atoms with Crippen LogP contribution in [0.2, 0.25) is 0 Å². The summed E-state index contributed by atoms with van der Waals surface area (Å²) in [5.41, 5.74) is 0.596. The first-order valence-electron chi connectivity index (χ1n) is 7.66. The number of nitrogens with one attached hydrogen (secondary N) is 1. The van der Waals surface area contributed by atoms with Gasteiger partial charge in [-0.3, -0.25) is 20.2 Å². The van der Waals surface area contributed by atoms with Crippen molar-refractivity contribution in [3.05, 3.63) is 52.3 Å². The Morgan fingerprint density at radius 3 is 2.71 bits per heavy atom. The van der Waals surface area contributed by atoms with Crippen molar-refractivity contribution in [3.8, 4) is 11.3 Å². The number of benzene rings is 1. The van der Waals surface area contributed by atoms with E-state index in [0.29, 0.717) is 23.5 Å². The molecule has 0 amide bonds. The lowest BCUT2D eigenvalue weighted by molar-refractivity contribution is -0.384. The summed E-state index contributed by atoms with van der Waals surface area (Å²) in [4.78, 5) is 21.6. The smallest absolute Gasteiger partial charge is 0.320 e. The molecular formula is C17H20N2O5. The number of hydrogen-bond donors (Lipinski definition) is 2. The topological polar surface area (TPSA) is 106 Å². The van der Waals surface area contributed by atoms with Gasteiger partial charge in [-0.1, -0.05) is 26.0 Å². The number of rotatable bonds is 8. The largest absolute Gasteiger partial charge is 0.480 e. The van der Waals surface area contributed by atoms with Crippen LogP contribution in [0, 0.1) is 16.0 Å². The quantitative estimate of drug-likeness (QED) is 0.566. The molecule has 0 radical (unpaired) electrons. The number of non-ortho nitro benzene ring substituents is 1. The van der Waals surface area contributed by atoms with Crippen molar-refractivity contribution in [2.24, 2.45) is 5.92 Å². The van der Waals surface area contributed by atoms with E-state index >= 15 is 0 Å². The lowest BCUT2D eigenvalue weighted by Gasteiger charge is -2.15. The highest BCUT2D eigenvalue weighted by Crippen LogP contribution is 2.25. The molecule has 7 nitrogen and oxygen atoms in total. The number of nitrogens with zero attached hydrogens (tertiary/aromatic N) is 1. The van der Waals surface area contributed by atoms with Crippen molar-refractivity contribution in [2.45, 2.75) is 32.9 Å². The van der Waals surface area contributed by atoms with Crippen LogP contribution in [0.25, 0.3) is 11.3 Å². The van der Waals surface area contributed by atoms with Crippen LogP contribution < -0.4 is 5.32 Å². The SMILES string of the molecule is CC(C)C[C@H](NCc1ccc(-c2cccc([N+](=O)[O-])c2)o1)C(=O)O. The Labute approximate surface area is 139 Å². The van der Waals surface area contributed by atoms with Gasteiger partial charge in [0.25, 0.3) is 5.69 Å². The minimum Gasteiger partial charge on any atom is -0.480 e. The van der Waals surface area contributed by atoms with Crippen LogP contribution in [0.3, 0.4) is 0 Å². The van der Waals surface area contributed by atoms with Gasteiger partial charge in [-0.15, -0.1) is 0 Å². The Kier molecular flexibility index (Phi) is 5.70. The van der Waals surface area contributed by atoms with Crippen molar-refractivity contribution < 1.29 is 19.2 Å². The van der Waals surface area contributed by atoms with Crippen LogP contribution in [-0.4, -0.2) is 22.0 Å². The maximum absolute atomic E-state index is 11.2. The molecule has 2 rings (SSSR count). The average Bonchev–Trinajstić information content (AvgIpc) is 3.00. The van der Waals surface area contributed by atoms with Crippen molar-refractivity contribution in [2.75, 3.05) is 0 Å². The van der Waals surface area contributed by atoms with Gasteiger partial charge in [0.2, 0.25) is 0 Å². The standard InChI is InChI=1S/C17H20N2O5/c1-11(2)8-15(17(20)21)18-10-14-6-7-16(24-14)12-4-3-5-13(9-12)19(22)23/h3-7,9,11,15,18H,8,10H2,1-2H3,(H,20,21)/t15-/m0/s1. The fourth-order valence-corrected chi connectivity index (χ4v) is 2.37. The number of aliphatic carboxylic acids is 1. The molecule has 0 saturated carbocycles. The van der Waals surface area contributed by atoms with Gasteiger partial charge in [-0.25, -0.2) is 0 Å². The summed E-state index contributed by atoms with van der Waals surface area (Å²) >= 11 is 0. The van der Waals surface area contributed by atoms with Crippen molar-refractivity contribution >= 4 is 11.7 Å². The summed E-state index contributed by atoms with van der Waals surface area (Å²) in [6.07, 6.45) is 0.522. The summed E-state index contributed by atoms with van der Waals surface area (Å²) in [5.74, 6) is 0.447. The third kappa shape index (κ3) is 4.66. The fourth-order valence-electron chi connectivity index (χ4n) is 2.37. The maximum Gasteiger partial charge on any atom is 0.320 e. The molecule has 1 atom stereocenters. The molecule has 128 valence electrons. The first-order chi connectivity index (χ1) is 11.4. The Balaban J connectivity index is 2.06. The van der Waals surface area contributed by atoms with E-state index in [1.165, 1.54) is 12.1 Å². The first kappa shape index (κ1) is 17.7. The molecule has 0 bridgehead atoms. The number of carboxylic acid groups (broad SMARTS) is 1. The number of furan rings is 1. The monoisotopic (exact) mass is 332 g/mol. The maximum atomic E-state index is 11.2. The van der Waals surface area contributed by atoms with Crippen molar-refractivity contribution in [3.63, 3.8) is 0 Å². The summed E-state index contributed by atoms with van der Waals surface area (Å²) in [6.45, 7) is 4.20. The third-order valence-corrected chi connectivity index (χ3v) is 3.53. The van der Waals surface area contributed by atoms with Gasteiger partial charge in [-0.05, 0) is 24.5 Å². The molecule has 1 aromatic heterocycles. The Morgan fingerprint density at radius 1 is 1.33 bits per heavy atom. The molecule has 0 unspecified atom stereocenters. The minimum atomic E-state index is -0.894. The van der Waals surface area contributed by atoms with Gasteiger partial charge in [0.15, 0.2) is 0 Å². The predicted octanol–water partition coefficient (Wildman–Crippen LogP) is 3.44. The number of nitro benzene ring substituents is 1. The van der Waals surface area contributed by atoms with E-state index in [9.17, 15) is 20.0 Å². The molecule has 2 aromatic rings. The molecule has 0 spiro atoms. The molecule has 1 aromatic carbocycles. The lowest BCUT2D eigenvalue weighted by atomic mass is 10.0. The van der Waals surface area contributed by atoms with Crippen molar-refractivity contribution in [1.82, 2.24) is 5.32 Å². The van der Waals surface area contributed by atoms with E-state index in [1.54, 1.807) is 24.3 Å². The van der Waals surface area contributed by atoms with Gasteiger partial charge >= 0.3 is 5.97 Å². The van der Waals surface area contributed by atoms with Gasteiger partial charge in [0, 0.05) is 17.7 Å². The highest BCUT2D eigenvalue weighted by molar-refractivity contribution is 5.73. The van der Waals surface area contributed by atoms with Crippen LogP contribution >= 0.6 is 0 Å². The zero-order valence-corrected chi connectivity index (χ0v) is 13.6. The van der Waals surface area contributed by atoms with E-state index in [0.717, 1.165) is 0 Å². The number of nitro groups is 1. The Hall–Kier alpha value is -2.67. The van der Waals surface area contributed by atoms with Crippen LogP contribution in [0.4, 0.5) is 5.69 Å². The van der Waals surface area contributed by atoms with Crippen LogP contribution in [0.5, 0.6) is 0 Å². The molecule has 1 heterocycles. The lowest BCUT2D eigenvalue weighted by Crippen LogP contribution is -2.37. The number of carbonyl (C=O) groups is 1. The zero-order valence-electron chi connectivity index (χ0n) is 13.6. The second-order valence-electron chi connectivity index (χ2n) is 5.97. The highest BCUT2D eigenvalue weighted by Gasteiger charge is 2.19. The minimum absolute atomic E-state index is 0.00792. The van der Waals surface area contributed by atoms with Crippen LogP contribution in [0.15, 0.2) is 40.8 Å². The van der Waals surface area contributed by atoms with E-state index in [-0.39, 0.29) is 18.2 Å². The van der Waals surface area contributed by atoms with Gasteiger partial charge < -0.3 is 9.52 Å². The summed E-state index contributed by atoms with van der Waals surface area (Å²) in [5, 5.41) is 23.0. The van der Waals surface area contributed by atoms with Gasteiger partial charge in [0.1, 0.15) is 17.6 Å². The number of carboxylic acids is 1. The summed E-state index contributed by atoms with van der Waals surface area (Å²) in [7, 11) is 0. The van der Waals surface area contributed by atoms with Gasteiger partial charge in [0.05, 0.1) is 11.5 Å². The molecule has 0 aliphatic heterocycles. The molecule has 0 aliphatic rings. The van der Waals surface area contributed by atoms with Crippen molar-refractivity contribution in [1.29, 1.82) is 0 Å². The Bertz CT molecular complexity index is 723. The predicted molar refractivity (Wildman–Crippen MR) is 88.5 cm³/mol. The van der Waals surface area contributed by atoms with E-state index < -0.39 is 16.9 Å². The van der Waals surface area contributed by atoms with E-state index in [1.807, 2.05) is 13.8 Å². The second kappa shape index (κ2) is 7.74. The van der Waals surface area contributed by atoms with E-state index in [2.05, 4.69) is 5.32 Å².